The van der Waals surface area contributed by atoms with Gasteiger partial charge in [0.25, 0.3) is 0 Å². The summed E-state index contributed by atoms with van der Waals surface area (Å²) >= 11 is 0. The van der Waals surface area contributed by atoms with Crippen LogP contribution in [0.5, 0.6) is 5.75 Å². The Morgan fingerprint density at radius 2 is 1.82 bits per heavy atom. The zero-order chi connectivity index (χ0) is 27.5. The summed E-state index contributed by atoms with van der Waals surface area (Å²) in [6.45, 7) is 3.57. The topological polar surface area (TPSA) is 63.6 Å². The number of fused-ring (bicyclic) bond motifs is 5. The van der Waals surface area contributed by atoms with E-state index in [0.717, 1.165) is 48.3 Å². The first-order valence-electron chi connectivity index (χ1n) is 13.2. The summed E-state index contributed by atoms with van der Waals surface area (Å²) in [5.41, 5.74) is -0.288. The molecule has 6 atom stereocenters. The maximum Gasteiger partial charge on any atom is 0.416 e. The van der Waals surface area contributed by atoms with Crippen LogP contribution in [0.15, 0.2) is 48.5 Å². The average Bonchev–Trinajstić information content (AvgIpc) is 3.23. The van der Waals surface area contributed by atoms with Crippen molar-refractivity contribution in [2.75, 3.05) is 7.11 Å². The van der Waals surface area contributed by atoms with E-state index in [-0.39, 0.29) is 23.5 Å². The van der Waals surface area contributed by atoms with Gasteiger partial charge in [-0.2, -0.15) is 13.2 Å². The Labute approximate surface area is 220 Å². The van der Waals surface area contributed by atoms with Crippen LogP contribution >= 0.6 is 0 Å². The lowest BCUT2D eigenvalue weighted by atomic mass is 9.52. The molecule has 1 N–H and O–H groups in total. The second-order valence-electron chi connectivity index (χ2n) is 11.6. The Morgan fingerprint density at radius 1 is 1.11 bits per heavy atom. The highest BCUT2D eigenvalue weighted by Crippen LogP contribution is 2.64. The molecular weight excluding hydrogens is 493 g/mol. The number of alkyl halides is 3. The number of Topliss-reactive ketones (excluding diaryl/α,β-unsaturated/α-hetero) is 1. The molecule has 7 heteroatoms. The molecule has 2 saturated carbocycles. The molecule has 0 aliphatic heterocycles. The third kappa shape index (κ3) is 4.39. The molecule has 3 aliphatic carbocycles. The SMILES string of the molecule is COc1ccc2c(c1)CC[C@@H]1[C@@H]2C(=O)C[C@]2(C)C([C@@](C)(O)C(=O)/C=C/c3ccc(C(F)(F)F)cc3)CC[C@@H]12. The van der Waals surface area contributed by atoms with Gasteiger partial charge in [0.2, 0.25) is 0 Å². The number of aryl methyl sites for hydroxylation is 1. The van der Waals surface area contributed by atoms with Crippen molar-refractivity contribution in [3.05, 3.63) is 70.8 Å². The number of ketones is 2. The van der Waals surface area contributed by atoms with Crippen LogP contribution in [0, 0.1) is 23.2 Å². The first-order chi connectivity index (χ1) is 17.9. The van der Waals surface area contributed by atoms with Crippen molar-refractivity contribution in [3.63, 3.8) is 0 Å². The van der Waals surface area contributed by atoms with Crippen LogP contribution in [0.3, 0.4) is 0 Å². The Morgan fingerprint density at radius 3 is 2.47 bits per heavy atom. The smallest absolute Gasteiger partial charge is 0.416 e. The molecule has 2 fully saturated rings. The summed E-state index contributed by atoms with van der Waals surface area (Å²) < 4.78 is 43.9. The summed E-state index contributed by atoms with van der Waals surface area (Å²) in [5.74, 6) is 0.267. The predicted molar refractivity (Wildman–Crippen MR) is 138 cm³/mol. The molecular formula is C31H33F3O4. The van der Waals surface area contributed by atoms with Gasteiger partial charge in [-0.1, -0.05) is 31.2 Å². The first kappa shape index (κ1) is 26.7. The van der Waals surface area contributed by atoms with Crippen LogP contribution in [0.1, 0.15) is 67.7 Å². The van der Waals surface area contributed by atoms with Gasteiger partial charge >= 0.3 is 6.18 Å². The average molecular weight is 527 g/mol. The predicted octanol–water partition coefficient (Wildman–Crippen LogP) is 6.40. The summed E-state index contributed by atoms with van der Waals surface area (Å²) in [6.07, 6.45) is 1.78. The Kier molecular flexibility index (Phi) is 6.57. The molecule has 0 spiro atoms. The van der Waals surface area contributed by atoms with Crippen molar-refractivity contribution in [1.82, 2.24) is 0 Å². The zero-order valence-corrected chi connectivity index (χ0v) is 21.8. The molecule has 0 aromatic heterocycles. The van der Waals surface area contributed by atoms with Gasteiger partial charge in [-0.05, 0) is 96.9 Å². The van der Waals surface area contributed by atoms with Crippen LogP contribution in [-0.4, -0.2) is 29.4 Å². The van der Waals surface area contributed by atoms with Crippen LogP contribution in [0.25, 0.3) is 6.08 Å². The van der Waals surface area contributed by atoms with Gasteiger partial charge in [0.05, 0.1) is 12.7 Å². The Bertz CT molecular complexity index is 1280. The zero-order valence-electron chi connectivity index (χ0n) is 21.8. The number of carbonyl (C=O) groups excluding carboxylic acids is 2. The molecule has 4 nitrogen and oxygen atoms in total. The van der Waals surface area contributed by atoms with Gasteiger partial charge in [-0.3, -0.25) is 9.59 Å². The van der Waals surface area contributed by atoms with E-state index in [1.54, 1.807) is 7.11 Å². The molecule has 38 heavy (non-hydrogen) atoms. The van der Waals surface area contributed by atoms with Crippen molar-refractivity contribution in [2.24, 2.45) is 23.2 Å². The largest absolute Gasteiger partial charge is 0.497 e. The van der Waals surface area contributed by atoms with E-state index in [9.17, 15) is 27.9 Å². The fourth-order valence-electron chi connectivity index (χ4n) is 7.72. The van der Waals surface area contributed by atoms with Gasteiger partial charge in [-0.25, -0.2) is 0 Å². The summed E-state index contributed by atoms with van der Waals surface area (Å²) in [6, 6.07) is 10.5. The van der Waals surface area contributed by atoms with E-state index in [0.29, 0.717) is 18.4 Å². The molecule has 0 saturated heterocycles. The normalized spacial score (nSPS) is 30.3. The third-order valence-electron chi connectivity index (χ3n) is 9.53. The molecule has 1 unspecified atom stereocenters. The van der Waals surface area contributed by atoms with Crippen LogP contribution in [-0.2, 0) is 22.2 Å². The number of rotatable bonds is 5. The maximum atomic E-state index is 13.7. The number of benzene rings is 2. The highest BCUT2D eigenvalue weighted by molar-refractivity contribution is 6.00. The molecule has 0 bridgehead atoms. The molecule has 202 valence electrons. The van der Waals surface area contributed by atoms with E-state index < -0.39 is 34.5 Å². The Balaban J connectivity index is 1.36. The number of hydrogen-bond acceptors (Lipinski definition) is 4. The Hall–Kier alpha value is -2.93. The number of hydrogen-bond donors (Lipinski definition) is 1. The molecule has 0 amide bonds. The van der Waals surface area contributed by atoms with E-state index in [2.05, 4.69) is 0 Å². The minimum absolute atomic E-state index is 0.162. The summed E-state index contributed by atoms with van der Waals surface area (Å²) in [7, 11) is 1.63. The quantitative estimate of drug-likeness (QED) is 0.458. The molecule has 5 rings (SSSR count). The number of carbonyl (C=O) groups is 2. The van der Waals surface area contributed by atoms with E-state index >= 15 is 0 Å². The number of ether oxygens (including phenoxy) is 1. The minimum atomic E-state index is -4.43. The second-order valence-corrected chi connectivity index (χ2v) is 11.6. The fraction of sp³-hybridized carbons (Fsp3) is 0.484. The van der Waals surface area contributed by atoms with Crippen molar-refractivity contribution < 1.29 is 32.6 Å². The molecule has 0 heterocycles. The highest BCUT2D eigenvalue weighted by atomic mass is 19.4. The lowest BCUT2D eigenvalue weighted by Crippen LogP contribution is -2.53. The van der Waals surface area contributed by atoms with Crippen molar-refractivity contribution in [1.29, 1.82) is 0 Å². The third-order valence-corrected chi connectivity index (χ3v) is 9.53. The van der Waals surface area contributed by atoms with E-state index in [4.69, 9.17) is 4.74 Å². The van der Waals surface area contributed by atoms with E-state index in [1.807, 2.05) is 25.1 Å². The molecule has 3 aliphatic rings. The van der Waals surface area contributed by atoms with Crippen LogP contribution < -0.4 is 4.74 Å². The first-order valence-corrected chi connectivity index (χ1v) is 13.2. The monoisotopic (exact) mass is 526 g/mol. The lowest BCUT2D eigenvalue weighted by molar-refractivity contribution is -0.149. The number of methoxy groups -OCH3 is 1. The number of aliphatic hydroxyl groups is 1. The highest BCUT2D eigenvalue weighted by Gasteiger charge is 2.62. The summed E-state index contributed by atoms with van der Waals surface area (Å²) in [5, 5.41) is 11.5. The minimum Gasteiger partial charge on any atom is -0.497 e. The van der Waals surface area contributed by atoms with Crippen LogP contribution in [0.4, 0.5) is 13.2 Å². The second kappa shape index (κ2) is 9.37. The van der Waals surface area contributed by atoms with Gasteiger partial charge in [0.1, 0.15) is 17.1 Å². The van der Waals surface area contributed by atoms with Gasteiger partial charge in [0.15, 0.2) is 5.78 Å². The van der Waals surface area contributed by atoms with E-state index in [1.165, 1.54) is 31.2 Å². The maximum absolute atomic E-state index is 13.7. The van der Waals surface area contributed by atoms with Gasteiger partial charge in [-0.15, -0.1) is 0 Å². The lowest BCUT2D eigenvalue weighted by Gasteiger charge is -2.51. The van der Waals surface area contributed by atoms with Gasteiger partial charge in [0, 0.05) is 18.3 Å². The number of halogens is 3. The van der Waals surface area contributed by atoms with Gasteiger partial charge < -0.3 is 9.84 Å². The molecule has 0 radical (unpaired) electrons. The van der Waals surface area contributed by atoms with Crippen molar-refractivity contribution in [2.45, 2.75) is 63.6 Å². The molecule has 2 aromatic carbocycles. The van der Waals surface area contributed by atoms with Crippen molar-refractivity contribution >= 4 is 17.6 Å². The van der Waals surface area contributed by atoms with Crippen LogP contribution in [0.2, 0.25) is 0 Å². The van der Waals surface area contributed by atoms with Crippen molar-refractivity contribution in [3.8, 4) is 5.75 Å². The summed E-state index contributed by atoms with van der Waals surface area (Å²) in [4.78, 5) is 26.9. The molecule has 2 aromatic rings. The fourth-order valence-corrected chi connectivity index (χ4v) is 7.72. The standard InChI is InChI=1S/C31H33F3O4/c1-29-17-25(35)28-22-12-10-21(38-3)16-19(22)7-11-23(28)24(29)13-14-26(29)30(2,37)27(36)15-6-18-4-8-20(9-5-18)31(32,33)34/h4-6,8-10,12,15-16,23-24,26,28,37H,7,11,13-14,17H2,1-3H3/b15-6+/t23-,24-,26?,28+,29-,30+/m0/s1.